The Balaban J connectivity index is 2.52. The molecule has 0 aliphatic carbocycles. The number of hydrogen-bond acceptors (Lipinski definition) is 6. The molecule has 0 saturated carbocycles. The molecule has 1 aliphatic heterocycles. The van der Waals surface area contributed by atoms with E-state index >= 15 is 0 Å². The fourth-order valence-electron chi connectivity index (χ4n) is 2.46. The van der Waals surface area contributed by atoms with E-state index in [9.17, 15) is 19.2 Å². The summed E-state index contributed by atoms with van der Waals surface area (Å²) in [6.45, 7) is 3.49. The van der Waals surface area contributed by atoms with Gasteiger partial charge in [0.2, 0.25) is 5.91 Å². The van der Waals surface area contributed by atoms with Gasteiger partial charge in [-0.2, -0.15) is 0 Å². The maximum absolute atomic E-state index is 12.7. The fourth-order valence-corrected chi connectivity index (χ4v) is 2.46. The highest BCUT2D eigenvalue weighted by atomic mass is 16.5. The highest BCUT2D eigenvalue weighted by Crippen LogP contribution is 2.30. The zero-order valence-electron chi connectivity index (χ0n) is 13.2. The number of nitrogens with zero attached hydrogens (tertiary/aromatic N) is 1. The van der Waals surface area contributed by atoms with E-state index in [2.05, 4.69) is 5.32 Å². The van der Waals surface area contributed by atoms with Crippen LogP contribution in [-0.2, 0) is 26.1 Å². The molecule has 1 atom stereocenters. The Morgan fingerprint density at radius 3 is 2.52 bits per heavy atom. The van der Waals surface area contributed by atoms with E-state index in [-0.39, 0.29) is 36.6 Å². The first-order valence-corrected chi connectivity index (χ1v) is 7.27. The molecule has 1 aromatic heterocycles. The maximum atomic E-state index is 12.7. The topological polar surface area (TPSA) is 104 Å². The molecule has 0 unspecified atom stereocenters. The molecule has 8 heteroatoms. The molecule has 23 heavy (non-hydrogen) atoms. The lowest BCUT2D eigenvalue weighted by atomic mass is 9.94. The van der Waals surface area contributed by atoms with Gasteiger partial charge >= 0.3 is 11.9 Å². The smallest absolute Gasteiger partial charge is 0.340 e. The molecule has 0 radical (unpaired) electrons. The van der Waals surface area contributed by atoms with Crippen molar-refractivity contribution in [1.82, 2.24) is 4.57 Å². The van der Waals surface area contributed by atoms with Crippen LogP contribution >= 0.6 is 0 Å². The number of Topliss-reactive ketones (excluding diaryl/α,β-unsaturated/α-hetero) is 1. The predicted molar refractivity (Wildman–Crippen MR) is 79.1 cm³/mol. The van der Waals surface area contributed by atoms with Crippen LogP contribution in [0.15, 0.2) is 6.20 Å². The van der Waals surface area contributed by atoms with Crippen LogP contribution in [0.25, 0.3) is 0 Å². The number of carbonyl (C=O) groups is 4. The molecule has 1 N–H and O–H groups in total. The summed E-state index contributed by atoms with van der Waals surface area (Å²) in [4.78, 5) is 48.7. The van der Waals surface area contributed by atoms with Crippen molar-refractivity contribution in [2.24, 2.45) is 13.0 Å². The second-order valence-electron chi connectivity index (χ2n) is 5.02. The van der Waals surface area contributed by atoms with Crippen LogP contribution in [-0.4, -0.2) is 41.4 Å². The average Bonchev–Trinajstić information content (AvgIpc) is 2.74. The number of aryl methyl sites for hydroxylation is 1. The van der Waals surface area contributed by atoms with Crippen LogP contribution in [0, 0.1) is 5.92 Å². The van der Waals surface area contributed by atoms with Gasteiger partial charge in [-0.15, -0.1) is 0 Å². The number of hydrogen-bond donors (Lipinski definition) is 1. The Labute approximate surface area is 132 Å². The first kappa shape index (κ1) is 16.7. The van der Waals surface area contributed by atoms with Crippen molar-refractivity contribution in [3.8, 4) is 0 Å². The van der Waals surface area contributed by atoms with Gasteiger partial charge in [0, 0.05) is 19.7 Å². The highest BCUT2D eigenvalue weighted by Gasteiger charge is 2.39. The third-order valence-corrected chi connectivity index (χ3v) is 3.46. The number of nitrogens with one attached hydrogen (secondary N) is 1. The predicted octanol–water partition coefficient (Wildman–Crippen LogP) is 0.906. The van der Waals surface area contributed by atoms with Crippen molar-refractivity contribution in [3.63, 3.8) is 0 Å². The van der Waals surface area contributed by atoms with Crippen LogP contribution in [0.4, 0.5) is 5.82 Å². The highest BCUT2D eigenvalue weighted by molar-refractivity contribution is 6.20. The van der Waals surface area contributed by atoms with Gasteiger partial charge in [-0.1, -0.05) is 0 Å². The Morgan fingerprint density at radius 2 is 1.91 bits per heavy atom. The lowest BCUT2D eigenvalue weighted by molar-refractivity contribution is -0.147. The summed E-state index contributed by atoms with van der Waals surface area (Å²) >= 11 is 0. The average molecular weight is 322 g/mol. The molecule has 2 rings (SSSR count). The van der Waals surface area contributed by atoms with Crippen LogP contribution in [0.5, 0.6) is 0 Å². The van der Waals surface area contributed by atoms with Crippen LogP contribution in [0.2, 0.25) is 0 Å². The summed E-state index contributed by atoms with van der Waals surface area (Å²) in [6, 6.07) is 0. The number of carbonyl (C=O) groups excluding carboxylic acids is 4. The standard InChI is InChI=1S/C15H18N2O6/c1-4-22-14(20)8-6-10(18)16-13-11(12(8)19)9(7-17(13)3)15(21)23-5-2/h7-8H,4-6H2,1-3H3,(H,16,18)/t8-/m1/s1. The maximum Gasteiger partial charge on any atom is 0.340 e. The number of esters is 2. The number of rotatable bonds is 4. The summed E-state index contributed by atoms with van der Waals surface area (Å²) in [7, 11) is 1.58. The van der Waals surface area contributed by atoms with Gasteiger partial charge in [0.25, 0.3) is 0 Å². The van der Waals surface area contributed by atoms with E-state index in [1.165, 1.54) is 10.8 Å². The van der Waals surface area contributed by atoms with Gasteiger partial charge < -0.3 is 19.4 Å². The molecule has 1 aliphatic rings. The molecule has 8 nitrogen and oxygen atoms in total. The Bertz CT molecular complexity index is 676. The quantitative estimate of drug-likeness (QED) is 0.652. The van der Waals surface area contributed by atoms with Crippen LogP contribution in [0.3, 0.4) is 0 Å². The third kappa shape index (κ3) is 3.10. The largest absolute Gasteiger partial charge is 0.465 e. The van der Waals surface area contributed by atoms with Crippen molar-refractivity contribution in [3.05, 3.63) is 17.3 Å². The third-order valence-electron chi connectivity index (χ3n) is 3.46. The second kappa shape index (κ2) is 6.64. The number of aromatic nitrogens is 1. The van der Waals surface area contributed by atoms with E-state index in [1.807, 2.05) is 0 Å². The van der Waals surface area contributed by atoms with E-state index in [0.717, 1.165) is 0 Å². The molecule has 0 bridgehead atoms. The van der Waals surface area contributed by atoms with Gasteiger partial charge in [-0.25, -0.2) is 4.79 Å². The van der Waals surface area contributed by atoms with Crippen LogP contribution in [0.1, 0.15) is 41.0 Å². The second-order valence-corrected chi connectivity index (χ2v) is 5.02. The zero-order valence-corrected chi connectivity index (χ0v) is 13.2. The summed E-state index contributed by atoms with van der Waals surface area (Å²) < 4.78 is 11.2. The van der Waals surface area contributed by atoms with Crippen LogP contribution < -0.4 is 5.32 Å². The van der Waals surface area contributed by atoms with E-state index in [4.69, 9.17) is 9.47 Å². The Kier molecular flexibility index (Phi) is 4.83. The normalized spacial score (nSPS) is 17.1. The van der Waals surface area contributed by atoms with Gasteiger partial charge in [0.05, 0.1) is 24.3 Å². The first-order valence-electron chi connectivity index (χ1n) is 7.27. The van der Waals surface area contributed by atoms with Gasteiger partial charge in [-0.05, 0) is 13.8 Å². The van der Waals surface area contributed by atoms with E-state index in [0.29, 0.717) is 0 Å². The van der Waals surface area contributed by atoms with Crippen molar-refractivity contribution in [2.45, 2.75) is 20.3 Å². The van der Waals surface area contributed by atoms with Crippen molar-refractivity contribution in [1.29, 1.82) is 0 Å². The van der Waals surface area contributed by atoms with Crippen molar-refractivity contribution < 1.29 is 28.7 Å². The Morgan fingerprint density at radius 1 is 1.26 bits per heavy atom. The Hall–Kier alpha value is -2.64. The number of fused-ring (bicyclic) bond motifs is 1. The molecule has 1 amide bonds. The fraction of sp³-hybridized carbons (Fsp3) is 0.467. The van der Waals surface area contributed by atoms with Gasteiger partial charge in [0.15, 0.2) is 5.78 Å². The summed E-state index contributed by atoms with van der Waals surface area (Å²) in [6.07, 6.45) is 1.07. The molecular weight excluding hydrogens is 304 g/mol. The molecular formula is C15H18N2O6. The molecule has 1 aromatic rings. The van der Waals surface area contributed by atoms with Gasteiger partial charge in [-0.3, -0.25) is 14.4 Å². The summed E-state index contributed by atoms with van der Waals surface area (Å²) in [5, 5.41) is 2.55. The number of amides is 1. The van der Waals surface area contributed by atoms with Crippen molar-refractivity contribution in [2.75, 3.05) is 18.5 Å². The molecule has 0 spiro atoms. The minimum absolute atomic E-state index is 0.0187. The molecule has 0 aromatic carbocycles. The SMILES string of the molecule is CCOC(=O)c1cn(C)c2c1C(=O)[C@H](C(=O)OCC)CC(=O)N2. The van der Waals surface area contributed by atoms with E-state index in [1.54, 1.807) is 20.9 Å². The molecule has 2 heterocycles. The number of ketones is 1. The summed E-state index contributed by atoms with van der Waals surface area (Å²) in [5.41, 5.74) is 0.000650. The minimum atomic E-state index is -1.27. The molecule has 0 fully saturated rings. The minimum Gasteiger partial charge on any atom is -0.465 e. The lowest BCUT2D eigenvalue weighted by Crippen LogP contribution is -2.28. The number of anilines is 1. The molecule has 124 valence electrons. The van der Waals surface area contributed by atoms with Gasteiger partial charge in [0.1, 0.15) is 11.7 Å². The first-order chi connectivity index (χ1) is 10.9. The summed E-state index contributed by atoms with van der Waals surface area (Å²) in [5.74, 6) is -3.68. The van der Waals surface area contributed by atoms with Crippen molar-refractivity contribution >= 4 is 29.4 Å². The monoisotopic (exact) mass is 322 g/mol. The number of ether oxygens (including phenoxy) is 2. The molecule has 0 saturated heterocycles. The zero-order chi connectivity index (χ0) is 17.1. The lowest BCUT2D eigenvalue weighted by Gasteiger charge is -2.11. The van der Waals surface area contributed by atoms with E-state index < -0.39 is 29.5 Å².